The van der Waals surface area contributed by atoms with Crippen LogP contribution >= 0.6 is 0 Å². The number of sulfonamides is 1. The zero-order valence-corrected chi connectivity index (χ0v) is 17.1. The Morgan fingerprint density at radius 1 is 1.16 bits per heavy atom. The van der Waals surface area contributed by atoms with Crippen LogP contribution in [-0.4, -0.2) is 60.3 Å². The number of hydrogen-bond donors (Lipinski definition) is 0. The number of benzene rings is 1. The van der Waals surface area contributed by atoms with Gasteiger partial charge in [0, 0.05) is 19.3 Å². The van der Waals surface area contributed by atoms with Crippen molar-refractivity contribution in [1.82, 2.24) is 14.2 Å². The Balaban J connectivity index is 1.88. The molecule has 0 unspecified atom stereocenters. The second-order valence-electron chi connectivity index (χ2n) is 6.92. The summed E-state index contributed by atoms with van der Waals surface area (Å²) in [7, 11) is -4.21. The molecule has 0 N–H and O–H groups in total. The summed E-state index contributed by atoms with van der Waals surface area (Å²) in [5.41, 5.74) is -2.54. The molecule has 0 radical (unpaired) electrons. The molecule has 2 aromatic rings. The number of piperazine rings is 1. The molecule has 2 heterocycles. The van der Waals surface area contributed by atoms with E-state index in [2.05, 4.69) is 4.98 Å². The summed E-state index contributed by atoms with van der Waals surface area (Å²) in [6.45, 7) is 0.788. The van der Waals surface area contributed by atoms with Gasteiger partial charge in [-0.05, 0) is 43.3 Å². The van der Waals surface area contributed by atoms with Crippen LogP contribution < -0.4 is 0 Å². The fraction of sp³-hybridized carbons (Fsp3) is 0.316. The Kier molecular flexibility index (Phi) is 6.05. The van der Waals surface area contributed by atoms with Gasteiger partial charge in [-0.3, -0.25) is 19.5 Å². The number of halogens is 3. The monoisotopic (exact) mass is 457 g/mol. The molecule has 166 valence electrons. The van der Waals surface area contributed by atoms with Gasteiger partial charge in [0.25, 0.3) is 12.4 Å². The fourth-order valence-corrected chi connectivity index (χ4v) is 4.77. The standard InChI is InChI=1S/C19H18F3N3O5S/c1-18(30-13-26)12-24(10-11-25(18)17(27)16-4-2-3-9-23-16)31(28,29)15-7-5-14(6-8-15)19(20,21)22/h2-9,13H,10-12H2,1H3/t18-/m0/s1. The van der Waals surface area contributed by atoms with Crippen molar-refractivity contribution < 1.29 is 35.9 Å². The van der Waals surface area contributed by atoms with E-state index < -0.39 is 39.9 Å². The molecule has 1 aromatic heterocycles. The number of carbonyl (C=O) groups excluding carboxylic acids is 2. The van der Waals surface area contributed by atoms with Gasteiger partial charge < -0.3 is 4.74 Å². The second kappa shape index (κ2) is 8.27. The summed E-state index contributed by atoms with van der Waals surface area (Å²) in [6, 6.07) is 7.76. The zero-order valence-electron chi connectivity index (χ0n) is 16.2. The van der Waals surface area contributed by atoms with E-state index in [4.69, 9.17) is 4.74 Å². The molecule has 0 aliphatic carbocycles. The largest absolute Gasteiger partial charge is 0.440 e. The lowest BCUT2D eigenvalue weighted by Gasteiger charge is -2.46. The fourth-order valence-electron chi connectivity index (χ4n) is 3.26. The van der Waals surface area contributed by atoms with E-state index in [0.29, 0.717) is 12.1 Å². The molecule has 8 nitrogen and oxygen atoms in total. The number of amides is 1. The van der Waals surface area contributed by atoms with Crippen LogP contribution in [-0.2, 0) is 25.7 Å². The average Bonchev–Trinajstić information content (AvgIpc) is 2.73. The Morgan fingerprint density at radius 3 is 2.39 bits per heavy atom. The molecule has 1 fully saturated rings. The predicted molar refractivity (Wildman–Crippen MR) is 101 cm³/mol. The van der Waals surface area contributed by atoms with Crippen molar-refractivity contribution in [1.29, 1.82) is 0 Å². The summed E-state index contributed by atoms with van der Waals surface area (Å²) in [5, 5.41) is 0. The zero-order chi connectivity index (χ0) is 22.9. The third-order valence-corrected chi connectivity index (χ3v) is 6.72. The van der Waals surface area contributed by atoms with E-state index in [1.807, 2.05) is 0 Å². The number of hydrogen-bond acceptors (Lipinski definition) is 6. The van der Waals surface area contributed by atoms with Crippen molar-refractivity contribution in [3.8, 4) is 0 Å². The first-order valence-corrected chi connectivity index (χ1v) is 10.4. The van der Waals surface area contributed by atoms with Gasteiger partial charge >= 0.3 is 6.18 Å². The average molecular weight is 457 g/mol. The number of carbonyl (C=O) groups is 2. The molecule has 1 atom stereocenters. The van der Waals surface area contributed by atoms with Crippen LogP contribution in [0.25, 0.3) is 0 Å². The van der Waals surface area contributed by atoms with Crippen molar-refractivity contribution in [3.05, 3.63) is 59.9 Å². The normalized spacial score (nSPS) is 20.3. The van der Waals surface area contributed by atoms with Crippen molar-refractivity contribution >= 4 is 22.4 Å². The highest BCUT2D eigenvalue weighted by atomic mass is 32.2. The first-order chi connectivity index (χ1) is 14.5. The third kappa shape index (κ3) is 4.54. The van der Waals surface area contributed by atoms with Crippen LogP contribution in [0.1, 0.15) is 23.0 Å². The van der Waals surface area contributed by atoms with Gasteiger partial charge in [0.15, 0.2) is 5.72 Å². The SMILES string of the molecule is C[C@]1(OC=O)CN(S(=O)(=O)c2ccc(C(F)(F)F)cc2)CCN1C(=O)c1ccccn1. The summed E-state index contributed by atoms with van der Waals surface area (Å²) in [6.07, 6.45) is -3.19. The summed E-state index contributed by atoms with van der Waals surface area (Å²) in [4.78, 5) is 28.7. The quantitative estimate of drug-likeness (QED) is 0.639. The van der Waals surface area contributed by atoms with Crippen molar-refractivity contribution in [2.75, 3.05) is 19.6 Å². The molecule has 1 aliphatic rings. The van der Waals surface area contributed by atoms with E-state index >= 15 is 0 Å². The molecule has 0 bridgehead atoms. The minimum Gasteiger partial charge on any atom is -0.440 e. The van der Waals surface area contributed by atoms with Gasteiger partial charge in [-0.1, -0.05) is 6.07 Å². The molecule has 1 saturated heterocycles. The molecule has 1 aliphatic heterocycles. The highest BCUT2D eigenvalue weighted by Gasteiger charge is 2.46. The lowest BCUT2D eigenvalue weighted by atomic mass is 10.1. The van der Waals surface area contributed by atoms with Crippen LogP contribution in [0.15, 0.2) is 53.6 Å². The van der Waals surface area contributed by atoms with Crippen LogP contribution in [0.2, 0.25) is 0 Å². The smallest absolute Gasteiger partial charge is 0.416 e. The number of nitrogens with zero attached hydrogens (tertiary/aromatic N) is 3. The van der Waals surface area contributed by atoms with E-state index in [9.17, 15) is 31.2 Å². The minimum atomic E-state index is -4.60. The van der Waals surface area contributed by atoms with Crippen molar-refractivity contribution in [2.24, 2.45) is 0 Å². The molecule has 3 rings (SSSR count). The number of ether oxygens (including phenoxy) is 1. The van der Waals surface area contributed by atoms with Crippen molar-refractivity contribution in [2.45, 2.75) is 23.7 Å². The number of alkyl halides is 3. The molecule has 31 heavy (non-hydrogen) atoms. The number of pyridine rings is 1. The summed E-state index contributed by atoms with van der Waals surface area (Å²) >= 11 is 0. The number of rotatable bonds is 5. The van der Waals surface area contributed by atoms with Gasteiger partial charge in [-0.25, -0.2) is 8.42 Å². The van der Waals surface area contributed by atoms with Crippen LogP contribution in [0.3, 0.4) is 0 Å². The van der Waals surface area contributed by atoms with Gasteiger partial charge in [0.2, 0.25) is 10.0 Å². The maximum atomic E-state index is 13.0. The molecular formula is C19H18F3N3O5S. The predicted octanol–water partition coefficient (Wildman–Crippen LogP) is 2.14. The highest BCUT2D eigenvalue weighted by Crippen LogP contribution is 2.32. The molecule has 0 spiro atoms. The Bertz CT molecular complexity index is 1060. The van der Waals surface area contributed by atoms with Crippen LogP contribution in [0, 0.1) is 0 Å². The van der Waals surface area contributed by atoms with E-state index in [-0.39, 0.29) is 30.2 Å². The van der Waals surface area contributed by atoms with E-state index in [0.717, 1.165) is 16.4 Å². The van der Waals surface area contributed by atoms with Crippen LogP contribution in [0.5, 0.6) is 0 Å². The maximum Gasteiger partial charge on any atom is 0.416 e. The van der Waals surface area contributed by atoms with Gasteiger partial charge in [0.1, 0.15) is 5.69 Å². The lowest BCUT2D eigenvalue weighted by Crippen LogP contribution is -2.64. The molecular weight excluding hydrogens is 439 g/mol. The maximum absolute atomic E-state index is 13.0. The topological polar surface area (TPSA) is 96.9 Å². The van der Waals surface area contributed by atoms with Crippen LogP contribution in [0.4, 0.5) is 13.2 Å². The first-order valence-electron chi connectivity index (χ1n) is 9.01. The molecule has 1 aromatic carbocycles. The van der Waals surface area contributed by atoms with E-state index in [1.54, 1.807) is 12.1 Å². The van der Waals surface area contributed by atoms with E-state index in [1.165, 1.54) is 24.1 Å². The van der Waals surface area contributed by atoms with Crippen molar-refractivity contribution in [3.63, 3.8) is 0 Å². The minimum absolute atomic E-state index is 0.0854. The molecule has 1 amide bonds. The Hall–Kier alpha value is -2.99. The second-order valence-corrected chi connectivity index (χ2v) is 8.86. The third-order valence-electron chi connectivity index (χ3n) is 4.86. The van der Waals surface area contributed by atoms with Gasteiger partial charge in [-0.15, -0.1) is 0 Å². The molecule has 12 heteroatoms. The van der Waals surface area contributed by atoms with Gasteiger partial charge in [0.05, 0.1) is 17.0 Å². The number of aromatic nitrogens is 1. The Morgan fingerprint density at radius 2 is 1.84 bits per heavy atom. The highest BCUT2D eigenvalue weighted by molar-refractivity contribution is 7.89. The molecule has 0 saturated carbocycles. The summed E-state index contributed by atoms with van der Waals surface area (Å²) in [5.74, 6) is -0.559. The Labute approximate surface area is 176 Å². The summed E-state index contributed by atoms with van der Waals surface area (Å²) < 4.78 is 70.3. The van der Waals surface area contributed by atoms with Gasteiger partial charge in [-0.2, -0.15) is 17.5 Å². The lowest BCUT2D eigenvalue weighted by molar-refractivity contribution is -0.166. The first kappa shape index (κ1) is 22.7.